The van der Waals surface area contributed by atoms with Crippen molar-refractivity contribution in [2.24, 2.45) is 0 Å². The van der Waals surface area contributed by atoms with Crippen LogP contribution >= 0.6 is 11.3 Å². The van der Waals surface area contributed by atoms with Crippen molar-refractivity contribution in [2.75, 3.05) is 20.3 Å². The van der Waals surface area contributed by atoms with Crippen molar-refractivity contribution in [3.05, 3.63) is 47.2 Å². The summed E-state index contributed by atoms with van der Waals surface area (Å²) in [4.78, 5) is 23.4. The number of carbonyl (C=O) groups excluding carboxylic acids is 1. The number of methoxy groups -OCH3 is 1. The van der Waals surface area contributed by atoms with E-state index in [9.17, 15) is 4.79 Å². The van der Waals surface area contributed by atoms with Gasteiger partial charge in [0.05, 0.1) is 29.9 Å². The molecule has 0 bridgehead atoms. The third kappa shape index (κ3) is 4.25. The lowest BCUT2D eigenvalue weighted by atomic mass is 10.3. The molecule has 25 heavy (non-hydrogen) atoms. The van der Waals surface area contributed by atoms with E-state index in [0.29, 0.717) is 24.9 Å². The van der Waals surface area contributed by atoms with Gasteiger partial charge in [-0.1, -0.05) is 6.07 Å². The molecular formula is C16H17N5O3S. The van der Waals surface area contributed by atoms with Gasteiger partial charge >= 0.3 is 0 Å². The van der Waals surface area contributed by atoms with Crippen molar-refractivity contribution < 1.29 is 13.9 Å². The minimum absolute atomic E-state index is 0.177. The Morgan fingerprint density at radius 2 is 2.20 bits per heavy atom. The fourth-order valence-corrected chi connectivity index (χ4v) is 2.74. The van der Waals surface area contributed by atoms with Crippen molar-refractivity contribution >= 4 is 17.2 Å². The molecule has 0 fully saturated rings. The van der Waals surface area contributed by atoms with E-state index in [4.69, 9.17) is 9.15 Å². The second-order valence-corrected chi connectivity index (χ2v) is 6.19. The highest BCUT2D eigenvalue weighted by Gasteiger charge is 2.20. The highest BCUT2D eigenvalue weighted by molar-refractivity contribution is 7.13. The van der Waals surface area contributed by atoms with Crippen LogP contribution in [0.25, 0.3) is 10.8 Å². The third-order valence-corrected chi connectivity index (χ3v) is 4.24. The van der Waals surface area contributed by atoms with Gasteiger partial charge in [-0.25, -0.2) is 4.98 Å². The first-order valence-corrected chi connectivity index (χ1v) is 8.48. The second-order valence-electron chi connectivity index (χ2n) is 5.24. The molecule has 0 aromatic carbocycles. The molecule has 3 aromatic rings. The first-order valence-electron chi connectivity index (χ1n) is 7.60. The smallest absolute Gasteiger partial charge is 0.274 e. The summed E-state index contributed by atoms with van der Waals surface area (Å²) >= 11 is 1.51. The molecule has 130 valence electrons. The SMILES string of the molecule is COCCN(Cc1nnc(-c2cccs2)o1)C(=O)c1cnc(C)cn1. The molecule has 0 saturated heterocycles. The van der Waals surface area contributed by atoms with E-state index in [1.807, 2.05) is 24.4 Å². The van der Waals surface area contributed by atoms with E-state index in [2.05, 4.69) is 20.2 Å². The molecule has 0 spiro atoms. The average Bonchev–Trinajstić information content (AvgIpc) is 3.30. The lowest BCUT2D eigenvalue weighted by molar-refractivity contribution is 0.0657. The van der Waals surface area contributed by atoms with Gasteiger partial charge in [0, 0.05) is 19.9 Å². The summed E-state index contributed by atoms with van der Waals surface area (Å²) in [5.74, 6) is 0.535. The number of carbonyl (C=O) groups is 1. The Balaban J connectivity index is 1.76. The minimum Gasteiger partial charge on any atom is -0.418 e. The molecule has 8 nitrogen and oxygen atoms in total. The molecule has 0 aliphatic rings. The van der Waals surface area contributed by atoms with Crippen LogP contribution in [0.2, 0.25) is 0 Å². The van der Waals surface area contributed by atoms with Crippen molar-refractivity contribution in [2.45, 2.75) is 13.5 Å². The number of hydrogen-bond acceptors (Lipinski definition) is 8. The zero-order valence-corrected chi connectivity index (χ0v) is 14.7. The summed E-state index contributed by atoms with van der Waals surface area (Å²) in [5.41, 5.74) is 1.01. The fraction of sp³-hybridized carbons (Fsp3) is 0.312. The molecule has 0 atom stereocenters. The topological polar surface area (TPSA) is 94.2 Å². The molecule has 1 amide bonds. The summed E-state index contributed by atoms with van der Waals surface area (Å²) in [7, 11) is 1.58. The standard InChI is InChI=1S/C16H17N5O3S/c1-11-8-18-12(9-17-11)16(22)21(5-6-23-2)10-14-19-20-15(24-14)13-4-3-7-25-13/h3-4,7-9H,5-6,10H2,1-2H3. The van der Waals surface area contributed by atoms with E-state index >= 15 is 0 Å². The van der Waals surface area contributed by atoms with Gasteiger partial charge in [0.15, 0.2) is 0 Å². The van der Waals surface area contributed by atoms with Gasteiger partial charge in [0.1, 0.15) is 5.69 Å². The van der Waals surface area contributed by atoms with Gasteiger partial charge in [-0.05, 0) is 18.4 Å². The van der Waals surface area contributed by atoms with Gasteiger partial charge < -0.3 is 14.1 Å². The number of aromatic nitrogens is 4. The zero-order valence-electron chi connectivity index (χ0n) is 13.9. The van der Waals surface area contributed by atoms with E-state index in [-0.39, 0.29) is 18.1 Å². The lowest BCUT2D eigenvalue weighted by Gasteiger charge is -2.20. The lowest BCUT2D eigenvalue weighted by Crippen LogP contribution is -2.34. The van der Waals surface area contributed by atoms with Crippen molar-refractivity contribution in [3.63, 3.8) is 0 Å². The molecule has 3 heterocycles. The Morgan fingerprint density at radius 1 is 1.32 bits per heavy atom. The molecule has 0 aliphatic carbocycles. The maximum Gasteiger partial charge on any atom is 0.274 e. The van der Waals surface area contributed by atoms with Crippen LogP contribution < -0.4 is 0 Å². The number of amides is 1. The summed E-state index contributed by atoms with van der Waals surface area (Å²) in [6, 6.07) is 3.81. The highest BCUT2D eigenvalue weighted by atomic mass is 32.1. The number of rotatable bonds is 7. The molecule has 0 unspecified atom stereocenters. The van der Waals surface area contributed by atoms with E-state index in [0.717, 1.165) is 10.6 Å². The number of nitrogens with zero attached hydrogens (tertiary/aromatic N) is 5. The molecule has 0 saturated carbocycles. The predicted molar refractivity (Wildman–Crippen MR) is 91.0 cm³/mol. The van der Waals surface area contributed by atoms with E-state index in [1.165, 1.54) is 17.5 Å². The Labute approximate surface area is 148 Å². The number of ether oxygens (including phenoxy) is 1. The Hall–Kier alpha value is -2.65. The van der Waals surface area contributed by atoms with Gasteiger partial charge in [-0.2, -0.15) is 0 Å². The van der Waals surface area contributed by atoms with Crippen molar-refractivity contribution in [3.8, 4) is 10.8 Å². The predicted octanol–water partition coefficient (Wildman–Crippen LogP) is 2.19. The van der Waals surface area contributed by atoms with Crippen molar-refractivity contribution in [1.82, 2.24) is 25.1 Å². The van der Waals surface area contributed by atoms with Gasteiger partial charge in [-0.3, -0.25) is 9.78 Å². The van der Waals surface area contributed by atoms with Crippen LogP contribution in [0.4, 0.5) is 0 Å². The summed E-state index contributed by atoms with van der Waals surface area (Å²) in [5, 5.41) is 10.00. The van der Waals surface area contributed by atoms with Gasteiger partial charge in [-0.15, -0.1) is 21.5 Å². The fourth-order valence-electron chi connectivity index (χ4n) is 2.10. The zero-order chi connectivity index (χ0) is 17.6. The highest BCUT2D eigenvalue weighted by Crippen LogP contribution is 2.23. The average molecular weight is 359 g/mol. The van der Waals surface area contributed by atoms with E-state index in [1.54, 1.807) is 18.2 Å². The summed E-state index contributed by atoms with van der Waals surface area (Å²) in [6.07, 6.45) is 3.02. The van der Waals surface area contributed by atoms with Crippen LogP contribution in [0.15, 0.2) is 34.3 Å². The molecule has 0 aliphatic heterocycles. The first kappa shape index (κ1) is 17.2. The van der Waals surface area contributed by atoms with Gasteiger partial charge in [0.25, 0.3) is 11.8 Å². The molecule has 3 rings (SSSR count). The maximum atomic E-state index is 12.7. The number of hydrogen-bond donors (Lipinski definition) is 0. The third-order valence-electron chi connectivity index (χ3n) is 3.38. The molecule has 0 N–H and O–H groups in total. The number of thiophene rings is 1. The number of aryl methyl sites for hydroxylation is 1. The Morgan fingerprint density at radius 3 is 2.88 bits per heavy atom. The van der Waals surface area contributed by atoms with Crippen LogP contribution in [-0.4, -0.2) is 51.2 Å². The van der Waals surface area contributed by atoms with Crippen LogP contribution in [0, 0.1) is 6.92 Å². The summed E-state index contributed by atoms with van der Waals surface area (Å²) in [6.45, 7) is 2.75. The Kier molecular flexibility index (Phi) is 5.46. The molecule has 3 aromatic heterocycles. The monoisotopic (exact) mass is 359 g/mol. The van der Waals surface area contributed by atoms with Crippen molar-refractivity contribution in [1.29, 1.82) is 0 Å². The molecule has 0 radical (unpaired) electrons. The van der Waals surface area contributed by atoms with Crippen LogP contribution in [0.3, 0.4) is 0 Å². The largest absolute Gasteiger partial charge is 0.418 e. The van der Waals surface area contributed by atoms with Gasteiger partial charge in [0.2, 0.25) is 5.89 Å². The molecular weight excluding hydrogens is 342 g/mol. The minimum atomic E-state index is -0.263. The normalized spacial score (nSPS) is 10.8. The second kappa shape index (κ2) is 7.95. The Bertz CT molecular complexity index is 817. The summed E-state index contributed by atoms with van der Waals surface area (Å²) < 4.78 is 10.7. The van der Waals surface area contributed by atoms with Crippen LogP contribution in [0.5, 0.6) is 0 Å². The molecule has 9 heteroatoms. The first-order chi connectivity index (χ1) is 12.2. The van der Waals surface area contributed by atoms with Crippen LogP contribution in [-0.2, 0) is 11.3 Å². The van der Waals surface area contributed by atoms with Crippen LogP contribution in [0.1, 0.15) is 22.1 Å². The quantitative estimate of drug-likeness (QED) is 0.638. The van der Waals surface area contributed by atoms with E-state index < -0.39 is 0 Å². The maximum absolute atomic E-state index is 12.7.